The van der Waals surface area contributed by atoms with E-state index in [4.69, 9.17) is 10.1 Å². The van der Waals surface area contributed by atoms with Gasteiger partial charge in [-0.25, -0.2) is 13.9 Å². The number of aliphatic hydroxyl groups is 1. The molecule has 3 atom stereocenters. The number of benzene rings is 1. The van der Waals surface area contributed by atoms with Crippen molar-refractivity contribution in [3.8, 4) is 6.07 Å². The average Bonchev–Trinajstić information content (AvgIpc) is 3.40. The summed E-state index contributed by atoms with van der Waals surface area (Å²) in [5.74, 6) is -0.171. The number of nitriles is 1. The molecule has 0 spiro atoms. The van der Waals surface area contributed by atoms with Crippen molar-refractivity contribution in [2.45, 2.75) is 45.3 Å². The van der Waals surface area contributed by atoms with Crippen LogP contribution >= 0.6 is 0 Å². The maximum absolute atomic E-state index is 13.6. The lowest BCUT2D eigenvalue weighted by molar-refractivity contribution is 0.0605. The highest BCUT2D eigenvalue weighted by Crippen LogP contribution is 2.33. The van der Waals surface area contributed by atoms with E-state index in [0.29, 0.717) is 36.4 Å². The van der Waals surface area contributed by atoms with Gasteiger partial charge in [-0.3, -0.25) is 4.79 Å². The number of nitrogens with zero attached hydrogens (tertiary/aromatic N) is 6. The summed E-state index contributed by atoms with van der Waals surface area (Å²) in [7, 11) is 0. The van der Waals surface area contributed by atoms with Crippen molar-refractivity contribution in [3.05, 3.63) is 58.7 Å². The number of rotatable bonds is 3. The fourth-order valence-corrected chi connectivity index (χ4v) is 5.09. The smallest absolute Gasteiger partial charge is 0.254 e. The van der Waals surface area contributed by atoms with Crippen LogP contribution in [0.4, 0.5) is 10.2 Å². The van der Waals surface area contributed by atoms with E-state index in [-0.39, 0.29) is 17.8 Å². The predicted molar refractivity (Wildman–Crippen MR) is 124 cm³/mol. The molecule has 2 aliphatic heterocycles. The minimum atomic E-state index is -0.695. The van der Waals surface area contributed by atoms with Crippen LogP contribution < -0.4 is 4.90 Å². The van der Waals surface area contributed by atoms with E-state index in [1.54, 1.807) is 17.5 Å². The molecule has 4 heterocycles. The number of piperidine rings is 1. The Hall–Kier alpha value is -3.51. The molecule has 1 amide bonds. The number of carbonyl (C=O) groups excluding carboxylic acids is 1. The average molecular weight is 463 g/mol. The van der Waals surface area contributed by atoms with Gasteiger partial charge in [0.15, 0.2) is 5.65 Å². The molecule has 5 rings (SSSR count). The van der Waals surface area contributed by atoms with Gasteiger partial charge < -0.3 is 14.9 Å². The number of hydrogen-bond acceptors (Lipinski definition) is 6. The van der Waals surface area contributed by atoms with Crippen LogP contribution in [-0.2, 0) is 0 Å². The predicted octanol–water partition coefficient (Wildman–Crippen LogP) is 3.17. The second-order valence-electron chi connectivity index (χ2n) is 9.30. The molecule has 0 radical (unpaired) electrons. The maximum atomic E-state index is 13.6. The van der Waals surface area contributed by atoms with Crippen LogP contribution in [0, 0.1) is 36.9 Å². The molecular formula is C25H27FN6O2. The number of aliphatic hydroxyl groups excluding tert-OH is 1. The van der Waals surface area contributed by atoms with Crippen molar-refractivity contribution in [1.82, 2.24) is 19.5 Å². The highest BCUT2D eigenvalue weighted by Gasteiger charge is 2.34. The van der Waals surface area contributed by atoms with Crippen LogP contribution in [0.1, 0.15) is 52.5 Å². The molecule has 9 heteroatoms. The van der Waals surface area contributed by atoms with Gasteiger partial charge in [0.25, 0.3) is 5.91 Å². The van der Waals surface area contributed by atoms with Crippen LogP contribution in [-0.4, -0.2) is 56.2 Å². The monoisotopic (exact) mass is 462 g/mol. The summed E-state index contributed by atoms with van der Waals surface area (Å²) in [6.45, 7) is 5.10. The summed E-state index contributed by atoms with van der Waals surface area (Å²) in [6, 6.07) is 8.14. The lowest BCUT2D eigenvalue weighted by Gasteiger charge is -2.35. The van der Waals surface area contributed by atoms with Crippen LogP contribution in [0.15, 0.2) is 30.5 Å². The number of carbonyl (C=O) groups is 1. The summed E-state index contributed by atoms with van der Waals surface area (Å²) >= 11 is 0. The van der Waals surface area contributed by atoms with Gasteiger partial charge in [0.2, 0.25) is 0 Å². The number of likely N-dealkylation sites (tertiary alicyclic amines) is 1. The van der Waals surface area contributed by atoms with Crippen molar-refractivity contribution in [1.29, 1.82) is 5.26 Å². The molecule has 2 fully saturated rings. The van der Waals surface area contributed by atoms with Crippen molar-refractivity contribution in [2.75, 3.05) is 24.5 Å². The molecule has 3 aromatic rings. The normalized spacial score (nSPS) is 22.9. The molecule has 1 aromatic carbocycles. The Morgan fingerprint density at radius 3 is 2.76 bits per heavy atom. The molecule has 0 bridgehead atoms. The summed E-state index contributed by atoms with van der Waals surface area (Å²) in [4.78, 5) is 22.0. The van der Waals surface area contributed by atoms with Crippen molar-refractivity contribution < 1.29 is 14.3 Å². The number of amides is 1. The van der Waals surface area contributed by atoms with Gasteiger partial charge in [-0.1, -0.05) is 0 Å². The SMILES string of the molecule is Cc1cc(F)ccc1C(=O)N1CCCC[C@H]1c1cc2nc(N3C[C@@H](C#N)[C@@H](O)C3)c(C)cn2n1. The topological polar surface area (TPSA) is 97.8 Å². The zero-order valence-corrected chi connectivity index (χ0v) is 19.3. The van der Waals surface area contributed by atoms with Crippen molar-refractivity contribution >= 4 is 17.4 Å². The molecule has 0 unspecified atom stereocenters. The minimum absolute atomic E-state index is 0.113. The second-order valence-corrected chi connectivity index (χ2v) is 9.30. The van der Waals surface area contributed by atoms with Gasteiger partial charge in [-0.15, -0.1) is 0 Å². The minimum Gasteiger partial charge on any atom is -0.390 e. The van der Waals surface area contributed by atoms with E-state index >= 15 is 0 Å². The Labute approximate surface area is 197 Å². The molecule has 0 saturated carbocycles. The third-order valence-corrected chi connectivity index (χ3v) is 6.90. The first-order valence-electron chi connectivity index (χ1n) is 11.6. The number of aromatic nitrogens is 3. The van der Waals surface area contributed by atoms with E-state index in [2.05, 4.69) is 6.07 Å². The molecule has 2 saturated heterocycles. The zero-order chi connectivity index (χ0) is 24.0. The first kappa shape index (κ1) is 22.3. The lowest BCUT2D eigenvalue weighted by Crippen LogP contribution is -2.39. The van der Waals surface area contributed by atoms with Gasteiger partial charge in [0, 0.05) is 43.0 Å². The van der Waals surface area contributed by atoms with Crippen molar-refractivity contribution in [2.24, 2.45) is 5.92 Å². The Bertz CT molecular complexity index is 1300. The van der Waals surface area contributed by atoms with Gasteiger partial charge >= 0.3 is 0 Å². The van der Waals surface area contributed by atoms with Gasteiger partial charge in [-0.2, -0.15) is 10.4 Å². The van der Waals surface area contributed by atoms with E-state index in [1.165, 1.54) is 12.1 Å². The first-order chi connectivity index (χ1) is 16.4. The Balaban J connectivity index is 1.46. The van der Waals surface area contributed by atoms with Crippen molar-refractivity contribution in [3.63, 3.8) is 0 Å². The summed E-state index contributed by atoms with van der Waals surface area (Å²) in [6.07, 6.45) is 3.90. The molecular weight excluding hydrogens is 435 g/mol. The number of fused-ring (bicyclic) bond motifs is 1. The number of β-amino-alcohol motifs (C(OH)–C–C–N with tert-alkyl or cyclic N) is 1. The number of hydrogen-bond donors (Lipinski definition) is 1. The van der Waals surface area contributed by atoms with E-state index in [0.717, 1.165) is 36.3 Å². The summed E-state index contributed by atoms with van der Waals surface area (Å²) in [5.41, 5.74) is 3.45. The lowest BCUT2D eigenvalue weighted by atomic mass is 9.97. The van der Waals surface area contributed by atoms with Gasteiger partial charge in [-0.05, 0) is 56.9 Å². The Kier molecular flexibility index (Phi) is 5.70. The molecule has 176 valence electrons. The number of anilines is 1. The fourth-order valence-electron chi connectivity index (χ4n) is 5.09. The summed E-state index contributed by atoms with van der Waals surface area (Å²) in [5, 5.41) is 24.1. The number of aryl methyl sites for hydroxylation is 2. The Morgan fingerprint density at radius 1 is 1.21 bits per heavy atom. The molecule has 2 aliphatic rings. The highest BCUT2D eigenvalue weighted by atomic mass is 19.1. The third kappa shape index (κ3) is 3.88. The molecule has 0 aliphatic carbocycles. The zero-order valence-electron chi connectivity index (χ0n) is 19.3. The summed E-state index contributed by atoms with van der Waals surface area (Å²) < 4.78 is 15.3. The largest absolute Gasteiger partial charge is 0.390 e. The van der Waals surface area contributed by atoms with Crippen LogP contribution in [0.25, 0.3) is 5.65 Å². The maximum Gasteiger partial charge on any atom is 0.254 e. The van der Waals surface area contributed by atoms with Crippen LogP contribution in [0.2, 0.25) is 0 Å². The molecule has 34 heavy (non-hydrogen) atoms. The second kappa shape index (κ2) is 8.69. The fraction of sp³-hybridized carbons (Fsp3) is 0.440. The Morgan fingerprint density at radius 2 is 2.03 bits per heavy atom. The van der Waals surface area contributed by atoms with Crippen LogP contribution in [0.5, 0.6) is 0 Å². The van der Waals surface area contributed by atoms with E-state index < -0.39 is 12.0 Å². The van der Waals surface area contributed by atoms with Gasteiger partial charge in [0.05, 0.1) is 29.8 Å². The molecule has 1 N–H and O–H groups in total. The molecule has 8 nitrogen and oxygen atoms in total. The van der Waals surface area contributed by atoms with Crippen LogP contribution in [0.3, 0.4) is 0 Å². The standard InChI is InChI=1S/C25H27FN6O2/c1-15-9-18(26)6-7-19(15)25(34)31-8-4-3-5-21(31)20-10-23-28-24(16(2)12-32(23)29-20)30-13-17(11-27)22(33)14-30/h6-7,9-10,12,17,21-22,33H,3-5,8,13-14H2,1-2H3/t17-,21+,22+/m1/s1. The number of halogens is 1. The molecule has 2 aromatic heterocycles. The van der Waals surface area contributed by atoms with E-state index in [1.807, 2.05) is 29.0 Å². The third-order valence-electron chi connectivity index (χ3n) is 6.90. The van der Waals surface area contributed by atoms with Gasteiger partial charge in [0.1, 0.15) is 11.6 Å². The quantitative estimate of drug-likeness (QED) is 0.642. The first-order valence-corrected chi connectivity index (χ1v) is 11.6. The highest BCUT2D eigenvalue weighted by molar-refractivity contribution is 5.96. The van der Waals surface area contributed by atoms with E-state index in [9.17, 15) is 19.6 Å².